The number of benzene rings is 2. The zero-order chi connectivity index (χ0) is 26.3. The summed E-state index contributed by atoms with van der Waals surface area (Å²) in [6, 6.07) is 15.2. The van der Waals surface area contributed by atoms with Crippen LogP contribution >= 0.6 is 0 Å². The molecule has 1 aliphatic carbocycles. The van der Waals surface area contributed by atoms with Crippen molar-refractivity contribution in [2.45, 2.75) is 53.5 Å². The zero-order valence-corrected chi connectivity index (χ0v) is 21.6. The molecule has 7 heteroatoms. The van der Waals surface area contributed by atoms with E-state index >= 15 is 0 Å². The molecule has 1 saturated carbocycles. The Balaban J connectivity index is 1.58. The van der Waals surface area contributed by atoms with Crippen LogP contribution in [0.15, 0.2) is 54.6 Å². The Morgan fingerprint density at radius 1 is 0.972 bits per heavy atom. The first-order chi connectivity index (χ1) is 17.0. The van der Waals surface area contributed by atoms with Gasteiger partial charge < -0.3 is 9.64 Å². The van der Waals surface area contributed by atoms with Crippen molar-refractivity contribution < 1.29 is 23.9 Å². The molecule has 1 atom stereocenters. The van der Waals surface area contributed by atoms with E-state index in [-0.39, 0.29) is 41.6 Å². The van der Waals surface area contributed by atoms with Gasteiger partial charge in [-0.1, -0.05) is 58.0 Å². The SMILES string of the molecule is CCOC(=O)c1ccc(N2C(=O)CC(N(CCc3ccccc3)C(=O)C3C(C)(C)C3(C)C)C2=O)cc1. The molecule has 1 saturated heterocycles. The summed E-state index contributed by atoms with van der Waals surface area (Å²) in [6.45, 7) is 10.6. The lowest BCUT2D eigenvalue weighted by Crippen LogP contribution is -2.47. The minimum absolute atomic E-state index is 0.0629. The van der Waals surface area contributed by atoms with Gasteiger partial charge in [0.25, 0.3) is 5.91 Å². The number of imide groups is 1. The number of ether oxygens (including phenoxy) is 1. The van der Waals surface area contributed by atoms with Crippen LogP contribution in [0.1, 0.15) is 57.0 Å². The number of hydrogen-bond acceptors (Lipinski definition) is 5. The molecule has 2 aromatic carbocycles. The van der Waals surface area contributed by atoms with Crippen LogP contribution in [0.25, 0.3) is 0 Å². The fraction of sp³-hybridized carbons (Fsp3) is 0.448. The predicted octanol–water partition coefficient (Wildman–Crippen LogP) is 4.25. The fourth-order valence-electron chi connectivity index (χ4n) is 5.39. The summed E-state index contributed by atoms with van der Waals surface area (Å²) in [6.07, 6.45) is 0.527. The monoisotopic (exact) mass is 490 g/mol. The number of hydrogen-bond donors (Lipinski definition) is 0. The van der Waals surface area contributed by atoms with Gasteiger partial charge in [-0.2, -0.15) is 0 Å². The van der Waals surface area contributed by atoms with E-state index in [1.807, 2.05) is 30.3 Å². The molecule has 0 spiro atoms. The van der Waals surface area contributed by atoms with E-state index in [1.165, 1.54) is 12.1 Å². The van der Waals surface area contributed by atoms with Crippen LogP contribution < -0.4 is 4.90 Å². The van der Waals surface area contributed by atoms with Crippen LogP contribution in [0.3, 0.4) is 0 Å². The van der Waals surface area contributed by atoms with E-state index in [2.05, 4.69) is 27.7 Å². The van der Waals surface area contributed by atoms with Gasteiger partial charge in [-0.3, -0.25) is 14.4 Å². The van der Waals surface area contributed by atoms with E-state index in [9.17, 15) is 19.2 Å². The van der Waals surface area contributed by atoms with Gasteiger partial charge in [-0.25, -0.2) is 9.69 Å². The van der Waals surface area contributed by atoms with Gasteiger partial charge in [0, 0.05) is 12.5 Å². The maximum absolute atomic E-state index is 13.8. The van der Waals surface area contributed by atoms with E-state index in [0.29, 0.717) is 24.2 Å². The van der Waals surface area contributed by atoms with Crippen LogP contribution in [0.4, 0.5) is 5.69 Å². The Bertz CT molecular complexity index is 1160. The lowest BCUT2D eigenvalue weighted by atomic mass is 10.0. The predicted molar refractivity (Wildman–Crippen MR) is 136 cm³/mol. The molecule has 36 heavy (non-hydrogen) atoms. The Labute approximate surface area is 212 Å². The van der Waals surface area contributed by atoms with Gasteiger partial charge in [0.15, 0.2) is 0 Å². The highest BCUT2D eigenvalue weighted by Crippen LogP contribution is 2.69. The summed E-state index contributed by atoms with van der Waals surface area (Å²) in [5.74, 6) is -1.54. The standard InChI is InChI=1S/C29H34N2O5/c1-6-36-27(35)20-12-14-21(15-13-20)31-23(32)18-22(25(31)33)30(17-16-19-10-8-7-9-11-19)26(34)24-28(2,3)29(24,4)5/h7-15,22,24H,6,16-18H2,1-5H3. The molecule has 1 unspecified atom stereocenters. The summed E-state index contributed by atoms with van der Waals surface area (Å²) < 4.78 is 5.01. The Morgan fingerprint density at radius 3 is 2.14 bits per heavy atom. The average Bonchev–Trinajstić information content (AvgIpc) is 3.08. The molecule has 0 aromatic heterocycles. The normalized spacial score (nSPS) is 20.4. The van der Waals surface area contributed by atoms with E-state index in [4.69, 9.17) is 4.74 Å². The number of rotatable bonds is 8. The van der Waals surface area contributed by atoms with E-state index < -0.39 is 17.9 Å². The van der Waals surface area contributed by atoms with Crippen molar-refractivity contribution in [1.82, 2.24) is 4.90 Å². The van der Waals surface area contributed by atoms with Gasteiger partial charge >= 0.3 is 5.97 Å². The second kappa shape index (κ2) is 9.52. The van der Waals surface area contributed by atoms with Crippen LogP contribution in [0.2, 0.25) is 0 Å². The lowest BCUT2D eigenvalue weighted by Gasteiger charge is -2.29. The Morgan fingerprint density at radius 2 is 1.58 bits per heavy atom. The molecule has 7 nitrogen and oxygen atoms in total. The summed E-state index contributed by atoms with van der Waals surface area (Å²) in [7, 11) is 0. The first-order valence-corrected chi connectivity index (χ1v) is 12.5. The van der Waals surface area contributed by atoms with Crippen molar-refractivity contribution in [2.24, 2.45) is 16.7 Å². The topological polar surface area (TPSA) is 84.0 Å². The highest BCUT2D eigenvalue weighted by molar-refractivity contribution is 6.23. The van der Waals surface area contributed by atoms with Crippen LogP contribution in [0.5, 0.6) is 0 Å². The number of nitrogens with zero attached hydrogens (tertiary/aromatic N) is 2. The largest absolute Gasteiger partial charge is 0.462 e. The third-order valence-corrected chi connectivity index (χ3v) is 8.17. The van der Waals surface area contributed by atoms with E-state index in [1.54, 1.807) is 24.0 Å². The van der Waals surface area contributed by atoms with Crippen LogP contribution in [-0.4, -0.2) is 47.8 Å². The molecular formula is C29H34N2O5. The van der Waals surface area contributed by atoms with Gasteiger partial charge in [-0.05, 0) is 54.0 Å². The third-order valence-electron chi connectivity index (χ3n) is 8.17. The van der Waals surface area contributed by atoms with Gasteiger partial charge in [0.05, 0.1) is 24.3 Å². The van der Waals surface area contributed by atoms with Crippen molar-refractivity contribution >= 4 is 29.4 Å². The molecule has 0 radical (unpaired) electrons. The molecule has 4 rings (SSSR count). The summed E-state index contributed by atoms with van der Waals surface area (Å²) >= 11 is 0. The highest BCUT2D eigenvalue weighted by atomic mass is 16.5. The van der Waals surface area contributed by atoms with Gasteiger partial charge in [-0.15, -0.1) is 0 Å². The summed E-state index contributed by atoms with van der Waals surface area (Å²) in [4.78, 5) is 55.2. The minimum atomic E-state index is -0.856. The number of carbonyl (C=O) groups excluding carboxylic acids is 4. The minimum Gasteiger partial charge on any atom is -0.462 e. The molecule has 0 bridgehead atoms. The van der Waals surface area contributed by atoms with Gasteiger partial charge in [0.1, 0.15) is 6.04 Å². The average molecular weight is 491 g/mol. The summed E-state index contributed by atoms with van der Waals surface area (Å²) in [5, 5.41) is 0. The maximum atomic E-state index is 13.8. The molecular weight excluding hydrogens is 456 g/mol. The summed E-state index contributed by atoms with van der Waals surface area (Å²) in [5.41, 5.74) is 1.40. The number of amides is 3. The number of carbonyl (C=O) groups is 4. The van der Waals surface area contributed by atoms with Gasteiger partial charge in [0.2, 0.25) is 11.8 Å². The van der Waals surface area contributed by atoms with Crippen LogP contribution in [-0.2, 0) is 25.5 Å². The molecule has 3 amide bonds. The van der Waals surface area contributed by atoms with Crippen molar-refractivity contribution in [2.75, 3.05) is 18.1 Å². The molecule has 0 N–H and O–H groups in total. The Hall–Kier alpha value is -3.48. The third kappa shape index (κ3) is 4.43. The molecule has 2 fully saturated rings. The molecule has 2 aliphatic rings. The van der Waals surface area contributed by atoms with Crippen molar-refractivity contribution in [1.29, 1.82) is 0 Å². The highest BCUT2D eigenvalue weighted by Gasteiger charge is 2.69. The smallest absolute Gasteiger partial charge is 0.338 e. The van der Waals surface area contributed by atoms with Crippen LogP contribution in [0, 0.1) is 16.7 Å². The Kier molecular flexibility index (Phi) is 6.78. The first kappa shape index (κ1) is 25.6. The molecule has 190 valence electrons. The number of esters is 1. The molecule has 1 aliphatic heterocycles. The fourth-order valence-corrected chi connectivity index (χ4v) is 5.39. The zero-order valence-electron chi connectivity index (χ0n) is 21.6. The second-order valence-electron chi connectivity index (χ2n) is 10.7. The van der Waals surface area contributed by atoms with Crippen molar-refractivity contribution in [3.05, 3.63) is 65.7 Å². The lowest BCUT2D eigenvalue weighted by molar-refractivity contribution is -0.140. The maximum Gasteiger partial charge on any atom is 0.338 e. The quantitative estimate of drug-likeness (QED) is 0.408. The molecule has 2 aromatic rings. The van der Waals surface area contributed by atoms with Crippen molar-refractivity contribution in [3.63, 3.8) is 0 Å². The molecule has 1 heterocycles. The first-order valence-electron chi connectivity index (χ1n) is 12.5. The van der Waals surface area contributed by atoms with E-state index in [0.717, 1.165) is 10.5 Å². The van der Waals surface area contributed by atoms with Crippen molar-refractivity contribution in [3.8, 4) is 0 Å². The number of anilines is 1. The second-order valence-corrected chi connectivity index (χ2v) is 10.7.